The van der Waals surface area contributed by atoms with Gasteiger partial charge >= 0.3 is 6.09 Å². The number of hydrogen-bond acceptors (Lipinski definition) is 4. The maximum atomic E-state index is 12.3. The third-order valence-corrected chi connectivity index (χ3v) is 4.45. The molecule has 0 unspecified atom stereocenters. The van der Waals surface area contributed by atoms with Crippen LogP contribution < -0.4 is 14.8 Å². The summed E-state index contributed by atoms with van der Waals surface area (Å²) in [6.07, 6.45) is 1.33. The van der Waals surface area contributed by atoms with Gasteiger partial charge in [0.05, 0.1) is 13.0 Å². The molecule has 27 heavy (non-hydrogen) atoms. The number of carbonyl (C=O) groups is 2. The van der Waals surface area contributed by atoms with Gasteiger partial charge in [0.25, 0.3) is 0 Å². The summed E-state index contributed by atoms with van der Waals surface area (Å²) in [5.41, 5.74) is 0. The topological polar surface area (TPSA) is 67.9 Å². The molecule has 2 aromatic carbocycles. The Morgan fingerprint density at radius 2 is 1.52 bits per heavy atom. The summed E-state index contributed by atoms with van der Waals surface area (Å²) in [4.78, 5) is 26.1. The summed E-state index contributed by atoms with van der Waals surface area (Å²) in [6.45, 7) is 1.62. The van der Waals surface area contributed by atoms with Gasteiger partial charge in [-0.2, -0.15) is 0 Å². The molecular formula is C21H24N2O4. The van der Waals surface area contributed by atoms with Crippen molar-refractivity contribution < 1.29 is 19.1 Å². The van der Waals surface area contributed by atoms with Crippen molar-refractivity contribution in [2.75, 3.05) is 19.7 Å². The van der Waals surface area contributed by atoms with Crippen molar-refractivity contribution in [3.63, 3.8) is 0 Å². The number of nitrogens with zero attached hydrogens (tertiary/aromatic N) is 1. The maximum absolute atomic E-state index is 12.3. The Morgan fingerprint density at radius 1 is 0.926 bits per heavy atom. The van der Waals surface area contributed by atoms with E-state index < -0.39 is 6.09 Å². The number of para-hydroxylation sites is 2. The number of carbonyl (C=O) groups excluding carboxylic acids is 2. The van der Waals surface area contributed by atoms with Crippen LogP contribution >= 0.6 is 0 Å². The Morgan fingerprint density at radius 3 is 2.15 bits per heavy atom. The second-order valence-electron chi connectivity index (χ2n) is 6.41. The lowest BCUT2D eigenvalue weighted by Crippen LogP contribution is -2.47. The van der Waals surface area contributed by atoms with Crippen LogP contribution in [-0.4, -0.2) is 42.6 Å². The molecule has 0 aromatic heterocycles. The van der Waals surface area contributed by atoms with Gasteiger partial charge in [0.1, 0.15) is 11.5 Å². The van der Waals surface area contributed by atoms with Crippen molar-refractivity contribution in [3.8, 4) is 11.5 Å². The Kier molecular flexibility index (Phi) is 6.68. The standard InChI is InChI=1S/C21H24N2O4/c24-20(13-16-26-18-7-3-1-4-8-18)23-14-11-17(12-15-23)22-21(25)27-19-9-5-2-6-10-19/h1-10,17H,11-16H2,(H,22,25). The average Bonchev–Trinajstić information content (AvgIpc) is 2.70. The minimum absolute atomic E-state index is 0.0193. The molecule has 1 fully saturated rings. The predicted octanol–water partition coefficient (Wildman–Crippen LogP) is 3.24. The van der Waals surface area contributed by atoms with E-state index in [0.29, 0.717) is 31.9 Å². The molecular weight excluding hydrogens is 344 g/mol. The lowest BCUT2D eigenvalue weighted by molar-refractivity contribution is -0.132. The fourth-order valence-corrected chi connectivity index (χ4v) is 3.00. The zero-order valence-electron chi connectivity index (χ0n) is 15.2. The monoisotopic (exact) mass is 368 g/mol. The van der Waals surface area contributed by atoms with E-state index in [0.717, 1.165) is 18.6 Å². The third-order valence-electron chi connectivity index (χ3n) is 4.45. The molecule has 6 heteroatoms. The van der Waals surface area contributed by atoms with Crippen molar-refractivity contribution in [3.05, 3.63) is 60.7 Å². The Balaban J connectivity index is 1.34. The van der Waals surface area contributed by atoms with Crippen LogP contribution in [0.5, 0.6) is 11.5 Å². The predicted molar refractivity (Wildman–Crippen MR) is 102 cm³/mol. The number of rotatable bonds is 6. The largest absolute Gasteiger partial charge is 0.493 e. The molecule has 1 saturated heterocycles. The second kappa shape index (κ2) is 9.62. The summed E-state index contributed by atoms with van der Waals surface area (Å²) >= 11 is 0. The Hall–Kier alpha value is -3.02. The minimum Gasteiger partial charge on any atom is -0.493 e. The molecule has 2 aromatic rings. The Labute approximate surface area is 159 Å². The lowest BCUT2D eigenvalue weighted by Gasteiger charge is -2.32. The number of benzene rings is 2. The van der Waals surface area contributed by atoms with Gasteiger partial charge in [-0.15, -0.1) is 0 Å². The van der Waals surface area contributed by atoms with E-state index in [1.54, 1.807) is 12.1 Å². The fourth-order valence-electron chi connectivity index (χ4n) is 3.00. The first-order valence-electron chi connectivity index (χ1n) is 9.20. The van der Waals surface area contributed by atoms with Gasteiger partial charge in [0.2, 0.25) is 5.91 Å². The summed E-state index contributed by atoms with van der Waals surface area (Å²) < 4.78 is 10.8. The van der Waals surface area contributed by atoms with Crippen LogP contribution in [0, 0.1) is 0 Å². The molecule has 1 aliphatic heterocycles. The van der Waals surface area contributed by atoms with Gasteiger partial charge in [-0.3, -0.25) is 4.79 Å². The molecule has 2 amide bonds. The SMILES string of the molecule is O=C(NC1CCN(C(=O)CCOc2ccccc2)CC1)Oc1ccccc1. The molecule has 0 atom stereocenters. The highest BCUT2D eigenvalue weighted by Crippen LogP contribution is 2.14. The van der Waals surface area contributed by atoms with Crippen molar-refractivity contribution in [2.24, 2.45) is 0 Å². The highest BCUT2D eigenvalue weighted by molar-refractivity contribution is 5.76. The van der Waals surface area contributed by atoms with Crippen molar-refractivity contribution in [1.29, 1.82) is 0 Å². The lowest BCUT2D eigenvalue weighted by atomic mass is 10.1. The smallest absolute Gasteiger partial charge is 0.412 e. The average molecular weight is 368 g/mol. The summed E-state index contributed by atoms with van der Waals surface area (Å²) in [6, 6.07) is 18.4. The first kappa shape index (κ1) is 18.8. The van der Waals surface area contributed by atoms with Gasteiger partial charge < -0.3 is 19.7 Å². The van der Waals surface area contributed by atoms with E-state index in [2.05, 4.69) is 5.32 Å². The van der Waals surface area contributed by atoms with Crippen LogP contribution in [0.3, 0.4) is 0 Å². The van der Waals surface area contributed by atoms with E-state index in [1.807, 2.05) is 53.4 Å². The first-order chi connectivity index (χ1) is 13.2. The number of nitrogens with one attached hydrogen (secondary N) is 1. The van der Waals surface area contributed by atoms with Crippen LogP contribution in [0.4, 0.5) is 4.79 Å². The molecule has 1 heterocycles. The number of amides is 2. The first-order valence-corrected chi connectivity index (χ1v) is 9.20. The maximum Gasteiger partial charge on any atom is 0.412 e. The van der Waals surface area contributed by atoms with Gasteiger partial charge in [0.15, 0.2) is 0 Å². The van der Waals surface area contributed by atoms with Crippen molar-refractivity contribution >= 4 is 12.0 Å². The molecule has 0 radical (unpaired) electrons. The van der Waals surface area contributed by atoms with E-state index in [4.69, 9.17) is 9.47 Å². The summed E-state index contributed by atoms with van der Waals surface area (Å²) in [7, 11) is 0. The number of hydrogen-bond donors (Lipinski definition) is 1. The zero-order chi connectivity index (χ0) is 18.9. The van der Waals surface area contributed by atoms with E-state index in [-0.39, 0.29) is 11.9 Å². The second-order valence-corrected chi connectivity index (χ2v) is 6.41. The minimum atomic E-state index is -0.456. The molecule has 0 spiro atoms. The summed E-state index contributed by atoms with van der Waals surface area (Å²) in [5, 5.41) is 2.87. The van der Waals surface area contributed by atoms with Gasteiger partial charge in [0, 0.05) is 19.1 Å². The van der Waals surface area contributed by atoms with Crippen molar-refractivity contribution in [1.82, 2.24) is 10.2 Å². The highest BCUT2D eigenvalue weighted by Gasteiger charge is 2.24. The van der Waals surface area contributed by atoms with Crippen LogP contribution in [0.15, 0.2) is 60.7 Å². The molecule has 6 nitrogen and oxygen atoms in total. The molecule has 1 aliphatic rings. The normalized spacial score (nSPS) is 14.4. The van der Waals surface area contributed by atoms with Crippen LogP contribution in [0.25, 0.3) is 0 Å². The molecule has 1 N–H and O–H groups in total. The van der Waals surface area contributed by atoms with Crippen LogP contribution in [-0.2, 0) is 4.79 Å². The fraction of sp³-hybridized carbons (Fsp3) is 0.333. The highest BCUT2D eigenvalue weighted by atomic mass is 16.6. The van der Waals surface area contributed by atoms with Crippen LogP contribution in [0.1, 0.15) is 19.3 Å². The molecule has 0 aliphatic carbocycles. The Bertz CT molecular complexity index is 728. The molecule has 0 saturated carbocycles. The van der Waals surface area contributed by atoms with E-state index >= 15 is 0 Å². The van der Waals surface area contributed by atoms with Crippen LogP contribution in [0.2, 0.25) is 0 Å². The third kappa shape index (κ3) is 6.02. The quantitative estimate of drug-likeness (QED) is 0.850. The zero-order valence-corrected chi connectivity index (χ0v) is 15.2. The number of ether oxygens (including phenoxy) is 2. The number of likely N-dealkylation sites (tertiary alicyclic amines) is 1. The molecule has 3 rings (SSSR count). The number of piperidine rings is 1. The van der Waals surface area contributed by atoms with E-state index in [9.17, 15) is 9.59 Å². The molecule has 0 bridgehead atoms. The van der Waals surface area contributed by atoms with Gasteiger partial charge in [-0.1, -0.05) is 36.4 Å². The van der Waals surface area contributed by atoms with Gasteiger partial charge in [-0.05, 0) is 37.1 Å². The van der Waals surface area contributed by atoms with E-state index in [1.165, 1.54) is 0 Å². The summed E-state index contributed by atoms with van der Waals surface area (Å²) in [5.74, 6) is 1.36. The van der Waals surface area contributed by atoms with Crippen molar-refractivity contribution in [2.45, 2.75) is 25.3 Å². The van der Waals surface area contributed by atoms with Gasteiger partial charge in [-0.25, -0.2) is 4.79 Å². The molecule has 142 valence electrons.